The Balaban J connectivity index is 2.53. The van der Waals surface area contributed by atoms with Gasteiger partial charge in [-0.05, 0) is 45.4 Å². The van der Waals surface area contributed by atoms with Gasteiger partial charge in [-0.3, -0.25) is 4.79 Å². The summed E-state index contributed by atoms with van der Waals surface area (Å²) in [6.45, 7) is 7.98. The second-order valence-electron chi connectivity index (χ2n) is 4.89. The van der Waals surface area contributed by atoms with Gasteiger partial charge in [-0.15, -0.1) is 0 Å². The van der Waals surface area contributed by atoms with E-state index in [0.717, 1.165) is 11.3 Å². The third-order valence-corrected chi connectivity index (χ3v) is 2.25. The third kappa shape index (κ3) is 5.82. The molecule has 0 fully saturated rings. The summed E-state index contributed by atoms with van der Waals surface area (Å²) >= 11 is 0. The quantitative estimate of drug-likeness (QED) is 0.746. The van der Waals surface area contributed by atoms with Gasteiger partial charge in [0.2, 0.25) is 0 Å². The van der Waals surface area contributed by atoms with E-state index in [2.05, 4.69) is 0 Å². The number of hydrogen-bond acceptors (Lipinski definition) is 3. The molecule has 0 aliphatic carbocycles. The third-order valence-electron chi connectivity index (χ3n) is 2.25. The van der Waals surface area contributed by atoms with Crippen LogP contribution in [0.2, 0.25) is 0 Å². The summed E-state index contributed by atoms with van der Waals surface area (Å²) in [5.74, 6) is 0.894. The molecule has 0 aromatic heterocycles. The van der Waals surface area contributed by atoms with Gasteiger partial charge in [0.15, 0.2) is 5.78 Å². The van der Waals surface area contributed by atoms with Gasteiger partial charge in [0.05, 0.1) is 12.2 Å². The van der Waals surface area contributed by atoms with Crippen LogP contribution in [0.5, 0.6) is 5.75 Å². The summed E-state index contributed by atoms with van der Waals surface area (Å²) in [7, 11) is 0. The first-order valence-electron chi connectivity index (χ1n) is 6.36. The molecule has 0 N–H and O–H groups in total. The highest BCUT2D eigenvalue weighted by Gasteiger charge is 2.06. The fourth-order valence-corrected chi connectivity index (χ4v) is 1.54. The molecule has 100 valence electrons. The smallest absolute Gasteiger partial charge is 0.162 e. The van der Waals surface area contributed by atoms with Crippen LogP contribution in [0, 0.1) is 0 Å². The molecule has 0 atom stereocenters. The van der Waals surface area contributed by atoms with Crippen molar-refractivity contribution in [3.8, 4) is 5.75 Å². The molecule has 0 amide bonds. The Morgan fingerprint density at radius 2 is 1.89 bits per heavy atom. The number of benzene rings is 1. The first kappa shape index (κ1) is 14.7. The Bertz CT molecular complexity index is 383. The van der Waals surface area contributed by atoms with E-state index in [4.69, 9.17) is 9.47 Å². The van der Waals surface area contributed by atoms with E-state index in [1.165, 1.54) is 0 Å². The molecule has 0 unspecified atom stereocenters. The van der Waals surface area contributed by atoms with Crippen molar-refractivity contribution in [3.63, 3.8) is 0 Å². The van der Waals surface area contributed by atoms with Gasteiger partial charge in [0.25, 0.3) is 0 Å². The SMILES string of the molecule is CC(C)OCC(=O)Cc1cccc(OC(C)C)c1. The second kappa shape index (κ2) is 7.17. The van der Waals surface area contributed by atoms with E-state index in [9.17, 15) is 4.79 Å². The minimum absolute atomic E-state index is 0.0876. The number of ether oxygens (including phenoxy) is 2. The summed E-state index contributed by atoms with van der Waals surface area (Å²) in [5, 5.41) is 0. The van der Waals surface area contributed by atoms with Crippen molar-refractivity contribution in [2.24, 2.45) is 0 Å². The number of rotatable bonds is 7. The van der Waals surface area contributed by atoms with Gasteiger partial charge in [0.1, 0.15) is 12.4 Å². The first-order chi connectivity index (χ1) is 8.47. The summed E-state index contributed by atoms with van der Waals surface area (Å²) < 4.78 is 10.9. The summed E-state index contributed by atoms with van der Waals surface area (Å²) in [4.78, 5) is 11.7. The zero-order chi connectivity index (χ0) is 13.5. The molecule has 1 aromatic carbocycles. The Hall–Kier alpha value is -1.35. The Kier molecular flexibility index (Phi) is 5.86. The lowest BCUT2D eigenvalue weighted by atomic mass is 10.1. The molecule has 0 saturated carbocycles. The van der Waals surface area contributed by atoms with Gasteiger partial charge in [-0.2, -0.15) is 0 Å². The van der Waals surface area contributed by atoms with Gasteiger partial charge in [-0.1, -0.05) is 12.1 Å². The van der Waals surface area contributed by atoms with E-state index in [1.54, 1.807) is 0 Å². The highest BCUT2D eigenvalue weighted by Crippen LogP contribution is 2.15. The summed E-state index contributed by atoms with van der Waals surface area (Å²) in [6.07, 6.45) is 0.618. The van der Waals surface area contributed by atoms with Crippen molar-refractivity contribution in [2.75, 3.05) is 6.61 Å². The van der Waals surface area contributed by atoms with Crippen LogP contribution >= 0.6 is 0 Å². The van der Waals surface area contributed by atoms with Crippen molar-refractivity contribution in [3.05, 3.63) is 29.8 Å². The molecular weight excluding hydrogens is 228 g/mol. The molecule has 3 nitrogen and oxygen atoms in total. The lowest BCUT2D eigenvalue weighted by molar-refractivity contribution is -0.124. The van der Waals surface area contributed by atoms with Crippen LogP contribution in [0.25, 0.3) is 0 Å². The zero-order valence-corrected chi connectivity index (χ0v) is 11.6. The fraction of sp³-hybridized carbons (Fsp3) is 0.533. The Morgan fingerprint density at radius 3 is 2.50 bits per heavy atom. The highest BCUT2D eigenvalue weighted by atomic mass is 16.5. The number of Topliss-reactive ketones (excluding diaryl/α,β-unsaturated/α-hetero) is 1. The predicted octanol–water partition coefficient (Wildman–Crippen LogP) is 3.01. The second-order valence-corrected chi connectivity index (χ2v) is 4.89. The molecule has 1 aromatic rings. The van der Waals surface area contributed by atoms with Crippen molar-refractivity contribution in [1.82, 2.24) is 0 Å². The largest absolute Gasteiger partial charge is 0.491 e. The summed E-state index contributed by atoms with van der Waals surface area (Å²) in [6, 6.07) is 7.65. The van der Waals surface area contributed by atoms with Crippen LogP contribution in [-0.4, -0.2) is 24.6 Å². The molecule has 0 saturated heterocycles. The van der Waals surface area contributed by atoms with Crippen LogP contribution in [0.4, 0.5) is 0 Å². The number of hydrogen-bond donors (Lipinski definition) is 0. The van der Waals surface area contributed by atoms with Crippen molar-refractivity contribution < 1.29 is 14.3 Å². The molecule has 18 heavy (non-hydrogen) atoms. The predicted molar refractivity (Wildman–Crippen MR) is 72.0 cm³/mol. The van der Waals surface area contributed by atoms with Crippen molar-refractivity contribution >= 4 is 5.78 Å². The number of carbonyl (C=O) groups is 1. The van der Waals surface area contributed by atoms with E-state index < -0.39 is 0 Å². The molecule has 0 radical (unpaired) electrons. The highest BCUT2D eigenvalue weighted by molar-refractivity contribution is 5.82. The van der Waals surface area contributed by atoms with E-state index in [0.29, 0.717) is 6.42 Å². The molecule has 1 rings (SSSR count). The maximum Gasteiger partial charge on any atom is 0.162 e. The maximum atomic E-state index is 11.7. The molecule has 3 heteroatoms. The topological polar surface area (TPSA) is 35.5 Å². The van der Waals surface area contributed by atoms with Gasteiger partial charge >= 0.3 is 0 Å². The lowest BCUT2D eigenvalue weighted by Gasteiger charge is -2.11. The number of carbonyl (C=O) groups excluding carboxylic acids is 1. The Labute approximate surface area is 109 Å². The Morgan fingerprint density at radius 1 is 1.17 bits per heavy atom. The molecule has 0 aliphatic heterocycles. The van der Waals surface area contributed by atoms with Crippen LogP contribution in [0.1, 0.15) is 33.3 Å². The molecular formula is C15H22O3. The average molecular weight is 250 g/mol. The zero-order valence-electron chi connectivity index (χ0n) is 11.6. The minimum atomic E-state index is 0.0876. The van der Waals surface area contributed by atoms with Gasteiger partial charge < -0.3 is 9.47 Å². The average Bonchev–Trinajstić information content (AvgIpc) is 2.26. The van der Waals surface area contributed by atoms with Gasteiger partial charge in [0, 0.05) is 6.42 Å². The molecule has 0 aliphatic rings. The maximum absolute atomic E-state index is 11.7. The van der Waals surface area contributed by atoms with Crippen LogP contribution in [0.3, 0.4) is 0 Å². The van der Waals surface area contributed by atoms with E-state index >= 15 is 0 Å². The van der Waals surface area contributed by atoms with E-state index in [1.807, 2.05) is 52.0 Å². The normalized spacial score (nSPS) is 11.0. The molecule has 0 heterocycles. The first-order valence-corrected chi connectivity index (χ1v) is 6.36. The summed E-state index contributed by atoms with van der Waals surface area (Å²) in [5.41, 5.74) is 0.963. The van der Waals surface area contributed by atoms with Crippen LogP contribution in [0.15, 0.2) is 24.3 Å². The lowest BCUT2D eigenvalue weighted by Crippen LogP contribution is -2.15. The fourth-order valence-electron chi connectivity index (χ4n) is 1.54. The van der Waals surface area contributed by atoms with Crippen molar-refractivity contribution in [2.45, 2.75) is 46.3 Å². The van der Waals surface area contributed by atoms with Crippen LogP contribution in [-0.2, 0) is 16.0 Å². The minimum Gasteiger partial charge on any atom is -0.491 e. The van der Waals surface area contributed by atoms with E-state index in [-0.39, 0.29) is 24.6 Å². The molecule has 0 bridgehead atoms. The van der Waals surface area contributed by atoms with Gasteiger partial charge in [-0.25, -0.2) is 0 Å². The number of ketones is 1. The standard InChI is InChI=1S/C15H22O3/c1-11(2)17-10-14(16)8-13-6-5-7-15(9-13)18-12(3)4/h5-7,9,11-12H,8,10H2,1-4H3. The van der Waals surface area contributed by atoms with Crippen LogP contribution < -0.4 is 4.74 Å². The molecule has 0 spiro atoms. The van der Waals surface area contributed by atoms with Crippen molar-refractivity contribution in [1.29, 1.82) is 0 Å². The monoisotopic (exact) mass is 250 g/mol.